The van der Waals surface area contributed by atoms with Crippen LogP contribution in [0.15, 0.2) is 18.3 Å². The van der Waals surface area contributed by atoms with Crippen LogP contribution in [0.1, 0.15) is 19.4 Å². The number of pyridine rings is 1. The molecule has 2 aromatic rings. The van der Waals surface area contributed by atoms with E-state index in [1.54, 1.807) is 11.6 Å². The van der Waals surface area contributed by atoms with Gasteiger partial charge in [-0.25, -0.2) is 4.52 Å². The van der Waals surface area contributed by atoms with Crippen LogP contribution < -0.4 is 5.32 Å². The van der Waals surface area contributed by atoms with Crippen molar-refractivity contribution in [1.29, 1.82) is 0 Å². The lowest BCUT2D eigenvalue weighted by Gasteiger charge is -2.20. The van der Waals surface area contributed by atoms with Gasteiger partial charge in [-0.2, -0.15) is 4.98 Å². The van der Waals surface area contributed by atoms with Crippen molar-refractivity contribution in [3.05, 3.63) is 23.9 Å². The van der Waals surface area contributed by atoms with Crippen molar-refractivity contribution in [1.82, 2.24) is 14.6 Å². The highest BCUT2D eigenvalue weighted by atomic mass is 16.5. The van der Waals surface area contributed by atoms with Crippen LogP contribution in [0.5, 0.6) is 0 Å². The highest BCUT2D eigenvalue weighted by molar-refractivity contribution is 5.50. The molecule has 1 unspecified atom stereocenters. The average molecular weight is 248 g/mol. The molecule has 0 saturated carbocycles. The summed E-state index contributed by atoms with van der Waals surface area (Å²) in [7, 11) is 1.71. The van der Waals surface area contributed by atoms with Gasteiger partial charge in [0.2, 0.25) is 5.95 Å². The number of fused-ring (bicyclic) bond motifs is 1. The lowest BCUT2D eigenvalue weighted by atomic mass is 10.1. The third kappa shape index (κ3) is 2.61. The van der Waals surface area contributed by atoms with E-state index in [1.807, 2.05) is 25.3 Å². The summed E-state index contributed by atoms with van der Waals surface area (Å²) < 4.78 is 7.00. The normalized spacial score (nSPS) is 13.2. The van der Waals surface area contributed by atoms with Gasteiger partial charge in [-0.3, -0.25) is 0 Å². The van der Waals surface area contributed by atoms with Crippen molar-refractivity contribution in [2.75, 3.05) is 19.0 Å². The van der Waals surface area contributed by atoms with Gasteiger partial charge < -0.3 is 10.1 Å². The van der Waals surface area contributed by atoms with Crippen LogP contribution in [0.4, 0.5) is 5.95 Å². The zero-order valence-electron chi connectivity index (χ0n) is 11.3. The Morgan fingerprint density at radius 2 is 2.22 bits per heavy atom. The number of aryl methyl sites for hydroxylation is 1. The van der Waals surface area contributed by atoms with Crippen molar-refractivity contribution in [2.45, 2.75) is 26.8 Å². The van der Waals surface area contributed by atoms with Gasteiger partial charge in [0, 0.05) is 13.3 Å². The number of rotatable bonds is 5. The van der Waals surface area contributed by atoms with Crippen molar-refractivity contribution >= 4 is 11.6 Å². The van der Waals surface area contributed by atoms with Crippen LogP contribution in [0.2, 0.25) is 0 Å². The lowest BCUT2D eigenvalue weighted by molar-refractivity contribution is 0.171. The first-order chi connectivity index (χ1) is 8.61. The SMILES string of the molecule is COCC(Nc1nc2c(C)cccn2n1)C(C)C. The Hall–Kier alpha value is -1.62. The number of ether oxygens (including phenoxy) is 1. The molecule has 0 aliphatic rings. The van der Waals surface area contributed by atoms with E-state index in [4.69, 9.17) is 4.74 Å². The van der Waals surface area contributed by atoms with E-state index in [2.05, 4.69) is 29.2 Å². The Bertz CT molecular complexity index is 521. The number of anilines is 1. The Kier molecular flexibility index (Phi) is 3.81. The fourth-order valence-electron chi connectivity index (χ4n) is 1.85. The molecule has 0 bridgehead atoms. The van der Waals surface area contributed by atoms with Crippen molar-refractivity contribution in [3.63, 3.8) is 0 Å². The van der Waals surface area contributed by atoms with Gasteiger partial charge in [0.25, 0.3) is 0 Å². The zero-order valence-corrected chi connectivity index (χ0v) is 11.3. The number of nitrogens with one attached hydrogen (secondary N) is 1. The quantitative estimate of drug-likeness (QED) is 0.880. The minimum atomic E-state index is 0.215. The predicted octanol–water partition coefficient (Wildman–Crippen LogP) is 2.12. The monoisotopic (exact) mass is 248 g/mol. The van der Waals surface area contributed by atoms with Gasteiger partial charge in [-0.05, 0) is 24.5 Å². The topological polar surface area (TPSA) is 51.5 Å². The summed E-state index contributed by atoms with van der Waals surface area (Å²) in [5, 5.41) is 7.74. The number of aromatic nitrogens is 3. The number of hydrogen-bond donors (Lipinski definition) is 1. The molecule has 0 amide bonds. The molecule has 2 heterocycles. The third-order valence-electron chi connectivity index (χ3n) is 3.02. The van der Waals surface area contributed by atoms with E-state index in [9.17, 15) is 0 Å². The maximum absolute atomic E-state index is 5.21. The van der Waals surface area contributed by atoms with Crippen molar-refractivity contribution in [2.24, 2.45) is 5.92 Å². The van der Waals surface area contributed by atoms with Gasteiger partial charge >= 0.3 is 0 Å². The summed E-state index contributed by atoms with van der Waals surface area (Å²) in [6.45, 7) is 6.98. The minimum absolute atomic E-state index is 0.215. The molecule has 0 aliphatic carbocycles. The fourth-order valence-corrected chi connectivity index (χ4v) is 1.85. The summed E-state index contributed by atoms with van der Waals surface area (Å²) in [6.07, 6.45) is 1.90. The number of hydrogen-bond acceptors (Lipinski definition) is 4. The van der Waals surface area contributed by atoms with Gasteiger partial charge in [-0.1, -0.05) is 19.9 Å². The third-order valence-corrected chi connectivity index (χ3v) is 3.02. The molecule has 0 spiro atoms. The van der Waals surface area contributed by atoms with Crippen LogP contribution in [-0.4, -0.2) is 34.4 Å². The summed E-state index contributed by atoms with van der Waals surface area (Å²) >= 11 is 0. The molecule has 18 heavy (non-hydrogen) atoms. The molecule has 1 atom stereocenters. The van der Waals surface area contributed by atoms with Crippen LogP contribution in [-0.2, 0) is 4.74 Å². The summed E-state index contributed by atoms with van der Waals surface area (Å²) in [4.78, 5) is 4.50. The summed E-state index contributed by atoms with van der Waals surface area (Å²) in [6, 6.07) is 4.21. The lowest BCUT2D eigenvalue weighted by Crippen LogP contribution is -2.30. The van der Waals surface area contributed by atoms with Crippen molar-refractivity contribution in [3.8, 4) is 0 Å². The Balaban J connectivity index is 2.23. The summed E-state index contributed by atoms with van der Waals surface area (Å²) in [5.41, 5.74) is 2.01. The average Bonchev–Trinajstić information content (AvgIpc) is 2.72. The molecule has 0 radical (unpaired) electrons. The van der Waals surface area contributed by atoms with Gasteiger partial charge in [0.05, 0.1) is 12.6 Å². The Morgan fingerprint density at radius 1 is 1.44 bits per heavy atom. The Morgan fingerprint density at radius 3 is 2.83 bits per heavy atom. The molecular weight excluding hydrogens is 228 g/mol. The summed E-state index contributed by atoms with van der Waals surface area (Å²) in [5.74, 6) is 1.11. The second kappa shape index (κ2) is 5.35. The molecule has 98 valence electrons. The van der Waals surface area contributed by atoms with E-state index in [0.29, 0.717) is 18.5 Å². The molecule has 0 aliphatic heterocycles. The predicted molar refractivity (Wildman–Crippen MR) is 71.8 cm³/mol. The van der Waals surface area contributed by atoms with Crippen molar-refractivity contribution < 1.29 is 4.74 Å². The first-order valence-electron chi connectivity index (χ1n) is 6.19. The fraction of sp³-hybridized carbons (Fsp3) is 0.538. The van der Waals surface area contributed by atoms with Gasteiger partial charge in [-0.15, -0.1) is 5.10 Å². The molecule has 2 rings (SSSR count). The smallest absolute Gasteiger partial charge is 0.243 e. The minimum Gasteiger partial charge on any atom is -0.383 e. The number of nitrogens with zero attached hydrogens (tertiary/aromatic N) is 3. The van der Waals surface area contributed by atoms with E-state index in [0.717, 1.165) is 11.2 Å². The zero-order chi connectivity index (χ0) is 13.1. The van der Waals surface area contributed by atoms with E-state index in [-0.39, 0.29) is 6.04 Å². The molecule has 5 nitrogen and oxygen atoms in total. The van der Waals surface area contributed by atoms with E-state index in [1.165, 1.54) is 0 Å². The van der Waals surface area contributed by atoms with Gasteiger partial charge in [0.15, 0.2) is 5.65 Å². The second-order valence-corrected chi connectivity index (χ2v) is 4.84. The molecule has 5 heteroatoms. The second-order valence-electron chi connectivity index (χ2n) is 4.84. The maximum atomic E-state index is 5.21. The molecule has 1 N–H and O–H groups in total. The van der Waals surface area contributed by atoms with Crippen LogP contribution in [0.3, 0.4) is 0 Å². The Labute approximate surface area is 107 Å². The standard InChI is InChI=1S/C13H20N4O/c1-9(2)11(8-18-4)14-13-15-12-10(3)6-5-7-17(12)16-13/h5-7,9,11H,8H2,1-4H3,(H,14,16). The van der Waals surface area contributed by atoms with E-state index < -0.39 is 0 Å². The van der Waals surface area contributed by atoms with Crippen LogP contribution >= 0.6 is 0 Å². The maximum Gasteiger partial charge on any atom is 0.243 e. The molecular formula is C13H20N4O. The first kappa shape index (κ1) is 12.8. The van der Waals surface area contributed by atoms with Gasteiger partial charge in [0.1, 0.15) is 0 Å². The largest absolute Gasteiger partial charge is 0.383 e. The van der Waals surface area contributed by atoms with E-state index >= 15 is 0 Å². The highest BCUT2D eigenvalue weighted by Crippen LogP contribution is 2.13. The molecule has 0 aromatic carbocycles. The first-order valence-corrected chi connectivity index (χ1v) is 6.19. The molecule has 2 aromatic heterocycles. The van der Waals surface area contributed by atoms with Crippen LogP contribution in [0, 0.1) is 12.8 Å². The van der Waals surface area contributed by atoms with Crippen LogP contribution in [0.25, 0.3) is 5.65 Å². The molecule has 0 fully saturated rings. The highest BCUT2D eigenvalue weighted by Gasteiger charge is 2.15. The molecule has 0 saturated heterocycles. The number of methoxy groups -OCH3 is 1.